The number of carbonyl (C=O) groups is 1. The Morgan fingerprint density at radius 1 is 1.00 bits per heavy atom. The second-order valence-corrected chi connectivity index (χ2v) is 6.45. The second-order valence-electron chi connectivity index (χ2n) is 6.45. The van der Waals surface area contributed by atoms with Gasteiger partial charge in [-0.3, -0.25) is 9.69 Å². The number of carbonyl (C=O) groups excluding carboxylic acids is 1. The maximum atomic E-state index is 12.8. The van der Waals surface area contributed by atoms with Crippen molar-refractivity contribution in [2.45, 2.75) is 25.1 Å². The van der Waals surface area contributed by atoms with E-state index in [1.807, 2.05) is 6.07 Å². The smallest absolute Gasteiger partial charge is 0.350 e. The van der Waals surface area contributed by atoms with E-state index < -0.39 is 11.7 Å². The minimum Gasteiger partial charge on any atom is -0.350 e. The van der Waals surface area contributed by atoms with Gasteiger partial charge in [0.2, 0.25) is 0 Å². The van der Waals surface area contributed by atoms with Crippen LogP contribution in [0.4, 0.5) is 13.2 Å². The third-order valence-corrected chi connectivity index (χ3v) is 4.70. The highest BCUT2D eigenvalue weighted by atomic mass is 19.4. The van der Waals surface area contributed by atoms with Crippen LogP contribution in [0.2, 0.25) is 0 Å². The normalized spacial score (nSPS) is 16.4. The molecule has 6 heteroatoms. The number of hydrogen-bond donors (Lipinski definition) is 1. The van der Waals surface area contributed by atoms with E-state index in [1.54, 1.807) is 24.3 Å². The molecule has 26 heavy (non-hydrogen) atoms. The van der Waals surface area contributed by atoms with Crippen molar-refractivity contribution in [1.82, 2.24) is 10.2 Å². The van der Waals surface area contributed by atoms with Crippen molar-refractivity contribution < 1.29 is 18.0 Å². The minimum atomic E-state index is -4.34. The summed E-state index contributed by atoms with van der Waals surface area (Å²) in [7, 11) is 0. The summed E-state index contributed by atoms with van der Waals surface area (Å²) in [6.45, 7) is 2.12. The van der Waals surface area contributed by atoms with Crippen LogP contribution in [-0.2, 0) is 6.18 Å². The summed E-state index contributed by atoms with van der Waals surface area (Å²) in [5.74, 6) is -0.179. The van der Waals surface area contributed by atoms with Crippen molar-refractivity contribution in [3.05, 3.63) is 71.3 Å². The van der Waals surface area contributed by atoms with Gasteiger partial charge >= 0.3 is 6.18 Å². The number of likely N-dealkylation sites (tertiary alicyclic amines) is 1. The number of nitrogens with zero attached hydrogens (tertiary/aromatic N) is 1. The largest absolute Gasteiger partial charge is 0.416 e. The molecule has 0 aliphatic carbocycles. The summed E-state index contributed by atoms with van der Waals surface area (Å²) in [4.78, 5) is 14.5. The molecule has 1 amide bonds. The van der Waals surface area contributed by atoms with E-state index in [-0.39, 0.29) is 11.9 Å². The Morgan fingerprint density at radius 3 is 2.19 bits per heavy atom. The van der Waals surface area contributed by atoms with Crippen LogP contribution in [0.1, 0.15) is 40.4 Å². The Bertz CT molecular complexity index is 723. The Hall–Kier alpha value is -2.34. The molecule has 1 aliphatic heterocycles. The van der Waals surface area contributed by atoms with Gasteiger partial charge in [0.15, 0.2) is 0 Å². The number of hydrogen-bond acceptors (Lipinski definition) is 2. The number of halogens is 3. The maximum Gasteiger partial charge on any atom is 0.416 e. The summed E-state index contributed by atoms with van der Waals surface area (Å²) in [5.41, 5.74) is 0.697. The topological polar surface area (TPSA) is 32.3 Å². The van der Waals surface area contributed by atoms with Crippen molar-refractivity contribution in [3.8, 4) is 0 Å². The van der Waals surface area contributed by atoms with Gasteiger partial charge < -0.3 is 5.32 Å². The predicted molar refractivity (Wildman–Crippen MR) is 93.8 cm³/mol. The Balaban J connectivity index is 1.74. The fourth-order valence-corrected chi connectivity index (χ4v) is 3.29. The zero-order valence-electron chi connectivity index (χ0n) is 14.3. The van der Waals surface area contributed by atoms with Gasteiger partial charge in [0.1, 0.15) is 0 Å². The number of alkyl halides is 3. The molecule has 1 N–H and O–H groups in total. The summed E-state index contributed by atoms with van der Waals surface area (Å²) in [5, 5.41) is 2.92. The molecular formula is C20H21F3N2O. The third-order valence-electron chi connectivity index (χ3n) is 4.70. The first kappa shape index (κ1) is 18.5. The molecule has 0 saturated carbocycles. The first-order valence-corrected chi connectivity index (χ1v) is 8.69. The molecule has 3 nitrogen and oxygen atoms in total. The van der Waals surface area contributed by atoms with Crippen LogP contribution in [0.15, 0.2) is 54.6 Å². The molecule has 1 heterocycles. The van der Waals surface area contributed by atoms with Crippen LogP contribution in [-0.4, -0.2) is 30.4 Å². The van der Waals surface area contributed by atoms with Crippen molar-refractivity contribution in [2.24, 2.45) is 0 Å². The molecule has 1 saturated heterocycles. The highest BCUT2D eigenvalue weighted by Crippen LogP contribution is 2.31. The Labute approximate surface area is 150 Å². The highest BCUT2D eigenvalue weighted by Gasteiger charge is 2.31. The van der Waals surface area contributed by atoms with Crippen LogP contribution in [0, 0.1) is 0 Å². The fraction of sp³-hybridized carbons (Fsp3) is 0.350. The summed E-state index contributed by atoms with van der Waals surface area (Å²) < 4.78 is 38.4. The van der Waals surface area contributed by atoms with Crippen molar-refractivity contribution in [3.63, 3.8) is 0 Å². The van der Waals surface area contributed by atoms with E-state index in [2.05, 4.69) is 10.2 Å². The van der Waals surface area contributed by atoms with Gasteiger partial charge in [0.25, 0.3) is 5.91 Å². The number of amides is 1. The number of rotatable bonds is 5. The van der Waals surface area contributed by atoms with E-state index in [1.165, 1.54) is 12.1 Å². The van der Waals surface area contributed by atoms with Crippen LogP contribution >= 0.6 is 0 Å². The van der Waals surface area contributed by atoms with Gasteiger partial charge in [0.05, 0.1) is 11.6 Å². The molecule has 1 fully saturated rings. The molecule has 0 spiro atoms. The molecule has 2 aromatic carbocycles. The molecule has 0 radical (unpaired) electrons. The lowest BCUT2D eigenvalue weighted by Crippen LogP contribution is -2.36. The molecular weight excluding hydrogens is 341 g/mol. The zero-order valence-corrected chi connectivity index (χ0v) is 14.3. The second kappa shape index (κ2) is 7.91. The monoisotopic (exact) mass is 362 g/mol. The molecule has 1 unspecified atom stereocenters. The minimum absolute atomic E-state index is 0.132. The van der Waals surface area contributed by atoms with E-state index in [4.69, 9.17) is 0 Å². The predicted octanol–water partition coefficient (Wildman–Crippen LogP) is 4.27. The lowest BCUT2D eigenvalue weighted by Gasteiger charge is -2.28. The van der Waals surface area contributed by atoms with E-state index in [0.717, 1.165) is 43.6 Å². The average Bonchev–Trinajstić information content (AvgIpc) is 3.16. The molecule has 1 aliphatic rings. The highest BCUT2D eigenvalue weighted by molar-refractivity contribution is 5.94. The van der Waals surface area contributed by atoms with E-state index >= 15 is 0 Å². The van der Waals surface area contributed by atoms with Gasteiger partial charge in [-0.15, -0.1) is 0 Å². The lowest BCUT2D eigenvalue weighted by atomic mass is 10.0. The average molecular weight is 362 g/mol. The molecule has 138 valence electrons. The molecule has 0 aromatic heterocycles. The first-order chi connectivity index (χ1) is 12.4. The van der Waals surface area contributed by atoms with E-state index in [0.29, 0.717) is 12.1 Å². The SMILES string of the molecule is O=C(NCC(c1ccc(C(F)(F)F)cc1)N1CCCC1)c1ccccc1. The van der Waals surface area contributed by atoms with Gasteiger partial charge in [-0.25, -0.2) is 0 Å². The van der Waals surface area contributed by atoms with Crippen LogP contribution < -0.4 is 5.32 Å². The summed E-state index contributed by atoms with van der Waals surface area (Å²) >= 11 is 0. The van der Waals surface area contributed by atoms with Crippen molar-refractivity contribution >= 4 is 5.91 Å². The quantitative estimate of drug-likeness (QED) is 0.861. The van der Waals surface area contributed by atoms with Crippen molar-refractivity contribution in [1.29, 1.82) is 0 Å². The Kier molecular flexibility index (Phi) is 5.61. The van der Waals surface area contributed by atoms with Gasteiger partial charge in [-0.05, 0) is 55.8 Å². The standard InChI is InChI=1S/C20H21F3N2O/c21-20(22,23)17-10-8-15(9-11-17)18(25-12-4-5-13-25)14-24-19(26)16-6-2-1-3-7-16/h1-3,6-11,18H,4-5,12-14H2,(H,24,26). The number of benzene rings is 2. The summed E-state index contributed by atoms with van der Waals surface area (Å²) in [6, 6.07) is 14.0. The fourth-order valence-electron chi connectivity index (χ4n) is 3.29. The van der Waals surface area contributed by atoms with Crippen LogP contribution in [0.3, 0.4) is 0 Å². The maximum absolute atomic E-state index is 12.8. The van der Waals surface area contributed by atoms with Crippen LogP contribution in [0.25, 0.3) is 0 Å². The van der Waals surface area contributed by atoms with Gasteiger partial charge in [-0.2, -0.15) is 13.2 Å². The summed E-state index contributed by atoms with van der Waals surface area (Å²) in [6.07, 6.45) is -2.23. The lowest BCUT2D eigenvalue weighted by molar-refractivity contribution is -0.137. The van der Waals surface area contributed by atoms with E-state index in [9.17, 15) is 18.0 Å². The van der Waals surface area contributed by atoms with Gasteiger partial charge in [0, 0.05) is 12.1 Å². The molecule has 1 atom stereocenters. The van der Waals surface area contributed by atoms with Crippen molar-refractivity contribution in [2.75, 3.05) is 19.6 Å². The molecule has 2 aromatic rings. The molecule has 0 bridgehead atoms. The Morgan fingerprint density at radius 2 is 1.62 bits per heavy atom. The number of nitrogens with one attached hydrogen (secondary N) is 1. The first-order valence-electron chi connectivity index (χ1n) is 8.69. The molecule has 3 rings (SSSR count). The van der Waals surface area contributed by atoms with Gasteiger partial charge in [-0.1, -0.05) is 30.3 Å². The zero-order chi connectivity index (χ0) is 18.6. The third kappa shape index (κ3) is 4.43. The van der Waals surface area contributed by atoms with Crippen LogP contribution in [0.5, 0.6) is 0 Å².